The van der Waals surface area contributed by atoms with Crippen molar-refractivity contribution in [2.24, 2.45) is 0 Å². The maximum atomic E-state index is 12.8. The first-order valence-corrected chi connectivity index (χ1v) is 12.9. The normalized spacial score (nSPS) is 12.3. The van der Waals surface area contributed by atoms with Gasteiger partial charge in [0.25, 0.3) is 15.9 Å². The molecule has 0 aliphatic carbocycles. The lowest BCUT2D eigenvalue weighted by atomic mass is 10.2. The zero-order valence-corrected chi connectivity index (χ0v) is 21.5. The van der Waals surface area contributed by atoms with E-state index in [1.165, 1.54) is 56.7 Å². The Kier molecular flexibility index (Phi) is 8.22. The predicted octanol–water partition coefficient (Wildman–Crippen LogP) is 2.75. The zero-order chi connectivity index (χ0) is 27.1. The van der Waals surface area contributed by atoms with Gasteiger partial charge in [0.1, 0.15) is 13.2 Å². The van der Waals surface area contributed by atoms with Crippen LogP contribution in [-0.2, 0) is 26.1 Å². The van der Waals surface area contributed by atoms with E-state index in [0.29, 0.717) is 36.2 Å². The number of sulfonamides is 1. The van der Waals surface area contributed by atoms with Crippen LogP contribution in [0.1, 0.15) is 15.9 Å². The minimum atomic E-state index is -3.91. The third-order valence-corrected chi connectivity index (χ3v) is 6.85. The summed E-state index contributed by atoms with van der Waals surface area (Å²) in [6.07, 6.45) is 0. The lowest BCUT2D eigenvalue weighted by Crippen LogP contribution is -2.28. The average Bonchev–Trinajstić information content (AvgIpc) is 2.94. The van der Waals surface area contributed by atoms with Gasteiger partial charge in [-0.1, -0.05) is 6.07 Å². The van der Waals surface area contributed by atoms with Crippen LogP contribution in [0, 0.1) is 0 Å². The van der Waals surface area contributed by atoms with Crippen LogP contribution in [0.15, 0.2) is 65.6 Å². The van der Waals surface area contributed by atoms with E-state index in [2.05, 4.69) is 10.0 Å². The van der Waals surface area contributed by atoms with E-state index >= 15 is 0 Å². The van der Waals surface area contributed by atoms with Crippen molar-refractivity contribution >= 4 is 27.6 Å². The molecule has 1 amide bonds. The first-order valence-electron chi connectivity index (χ1n) is 11.5. The molecule has 0 fully saturated rings. The van der Waals surface area contributed by atoms with Crippen molar-refractivity contribution in [2.45, 2.75) is 11.4 Å². The molecule has 0 spiro atoms. The third-order valence-electron chi connectivity index (χ3n) is 5.47. The first kappa shape index (κ1) is 26.6. The number of benzene rings is 3. The van der Waals surface area contributed by atoms with Gasteiger partial charge in [-0.2, -0.15) is 0 Å². The molecule has 0 unspecified atom stereocenters. The smallest absolute Gasteiger partial charge is 0.338 e. The van der Waals surface area contributed by atoms with Crippen LogP contribution in [0.5, 0.6) is 23.0 Å². The molecule has 0 radical (unpaired) electrons. The Labute approximate surface area is 219 Å². The molecule has 0 saturated carbocycles. The molecule has 0 saturated heterocycles. The fraction of sp³-hybridized carbons (Fsp3) is 0.231. The maximum absolute atomic E-state index is 12.8. The van der Waals surface area contributed by atoms with Gasteiger partial charge in [0.15, 0.2) is 29.6 Å². The van der Waals surface area contributed by atoms with Crippen LogP contribution in [0.2, 0.25) is 0 Å². The summed E-state index contributed by atoms with van der Waals surface area (Å²) in [5, 5.41) is 2.66. The molecule has 38 heavy (non-hydrogen) atoms. The van der Waals surface area contributed by atoms with Crippen molar-refractivity contribution in [1.82, 2.24) is 5.32 Å². The molecule has 0 bridgehead atoms. The van der Waals surface area contributed by atoms with Gasteiger partial charge in [0.2, 0.25) is 0 Å². The van der Waals surface area contributed by atoms with Gasteiger partial charge in [-0.25, -0.2) is 13.2 Å². The summed E-state index contributed by atoms with van der Waals surface area (Å²) in [5.74, 6) is 0.712. The summed E-state index contributed by atoms with van der Waals surface area (Å²) < 4.78 is 54.3. The fourth-order valence-corrected chi connectivity index (χ4v) is 4.61. The standard InChI is InChI=1S/C26H26N2O9S/c1-33-21-9-3-17(13-23(21)34-2)15-27-25(29)16-37-26(30)18-4-6-19(7-5-18)28-38(31,32)20-8-10-22-24(14-20)36-12-11-35-22/h3-10,13-14,28H,11-12,15-16H2,1-2H3,(H,27,29). The van der Waals surface area contributed by atoms with E-state index in [9.17, 15) is 18.0 Å². The zero-order valence-electron chi connectivity index (χ0n) is 20.7. The van der Waals surface area contributed by atoms with Gasteiger partial charge in [-0.15, -0.1) is 0 Å². The number of nitrogens with one attached hydrogen (secondary N) is 2. The highest BCUT2D eigenvalue weighted by Crippen LogP contribution is 2.33. The fourth-order valence-electron chi connectivity index (χ4n) is 3.54. The summed E-state index contributed by atoms with van der Waals surface area (Å²) in [5.41, 5.74) is 1.17. The van der Waals surface area contributed by atoms with Gasteiger partial charge in [0.05, 0.1) is 24.7 Å². The number of esters is 1. The minimum Gasteiger partial charge on any atom is -0.493 e. The number of hydrogen-bond donors (Lipinski definition) is 2. The quantitative estimate of drug-likeness (QED) is 0.370. The molecule has 1 aliphatic rings. The lowest BCUT2D eigenvalue weighted by molar-refractivity contribution is -0.124. The molecule has 0 aromatic heterocycles. The number of methoxy groups -OCH3 is 2. The van der Waals surface area contributed by atoms with E-state index in [-0.39, 0.29) is 22.7 Å². The van der Waals surface area contributed by atoms with Crippen molar-refractivity contribution in [3.8, 4) is 23.0 Å². The molecule has 3 aromatic rings. The highest BCUT2D eigenvalue weighted by Gasteiger charge is 2.20. The number of ether oxygens (including phenoxy) is 5. The summed E-state index contributed by atoms with van der Waals surface area (Å²) >= 11 is 0. The van der Waals surface area contributed by atoms with Gasteiger partial charge >= 0.3 is 5.97 Å². The summed E-state index contributed by atoms with van der Waals surface area (Å²) in [7, 11) is -0.864. The summed E-state index contributed by atoms with van der Waals surface area (Å²) in [6, 6.07) is 15.2. The Bertz CT molecular complexity index is 1420. The molecular weight excluding hydrogens is 516 g/mol. The lowest BCUT2D eigenvalue weighted by Gasteiger charge is -2.19. The topological polar surface area (TPSA) is 138 Å². The SMILES string of the molecule is COc1ccc(CNC(=O)COC(=O)c2ccc(NS(=O)(=O)c3ccc4c(c3)OCCO4)cc2)cc1OC. The van der Waals surface area contributed by atoms with Crippen molar-refractivity contribution in [3.63, 3.8) is 0 Å². The van der Waals surface area contributed by atoms with Crippen molar-refractivity contribution in [2.75, 3.05) is 38.8 Å². The van der Waals surface area contributed by atoms with Crippen LogP contribution in [0.3, 0.4) is 0 Å². The molecule has 1 heterocycles. The second kappa shape index (κ2) is 11.7. The number of fused-ring (bicyclic) bond motifs is 1. The van der Waals surface area contributed by atoms with E-state index in [1.54, 1.807) is 18.2 Å². The average molecular weight is 543 g/mol. The summed E-state index contributed by atoms with van der Waals surface area (Å²) in [4.78, 5) is 24.5. The molecule has 0 atom stereocenters. The Hall–Kier alpha value is -4.45. The van der Waals surface area contributed by atoms with Crippen molar-refractivity contribution in [3.05, 3.63) is 71.8 Å². The Morgan fingerprint density at radius 3 is 2.29 bits per heavy atom. The number of rotatable bonds is 10. The molecular formula is C26H26N2O9S. The maximum Gasteiger partial charge on any atom is 0.338 e. The van der Waals surface area contributed by atoms with Gasteiger partial charge in [-0.05, 0) is 54.1 Å². The number of hydrogen-bond acceptors (Lipinski definition) is 9. The van der Waals surface area contributed by atoms with Gasteiger partial charge in [-0.3, -0.25) is 9.52 Å². The predicted molar refractivity (Wildman–Crippen MR) is 136 cm³/mol. The third kappa shape index (κ3) is 6.45. The molecule has 12 heteroatoms. The Balaban J connectivity index is 1.28. The molecule has 4 rings (SSSR count). The Morgan fingerprint density at radius 2 is 1.58 bits per heavy atom. The molecule has 1 aliphatic heterocycles. The van der Waals surface area contributed by atoms with E-state index in [0.717, 1.165) is 5.56 Å². The van der Waals surface area contributed by atoms with E-state index in [1.807, 2.05) is 0 Å². The number of carbonyl (C=O) groups excluding carboxylic acids is 2. The molecule has 11 nitrogen and oxygen atoms in total. The number of amides is 1. The highest BCUT2D eigenvalue weighted by molar-refractivity contribution is 7.92. The second-order valence-electron chi connectivity index (χ2n) is 8.03. The van der Waals surface area contributed by atoms with Crippen LogP contribution in [0.4, 0.5) is 5.69 Å². The molecule has 2 N–H and O–H groups in total. The molecule has 200 valence electrons. The number of anilines is 1. The van der Waals surface area contributed by atoms with Gasteiger partial charge in [0, 0.05) is 18.3 Å². The van der Waals surface area contributed by atoms with Crippen molar-refractivity contribution in [1.29, 1.82) is 0 Å². The van der Waals surface area contributed by atoms with Crippen LogP contribution >= 0.6 is 0 Å². The van der Waals surface area contributed by atoms with Crippen LogP contribution in [0.25, 0.3) is 0 Å². The van der Waals surface area contributed by atoms with E-state index in [4.69, 9.17) is 23.7 Å². The number of carbonyl (C=O) groups is 2. The Morgan fingerprint density at radius 1 is 0.868 bits per heavy atom. The van der Waals surface area contributed by atoms with Crippen LogP contribution in [-0.4, -0.2) is 54.3 Å². The van der Waals surface area contributed by atoms with Crippen molar-refractivity contribution < 1.29 is 41.7 Å². The largest absolute Gasteiger partial charge is 0.493 e. The van der Waals surface area contributed by atoms with Gasteiger partial charge < -0.3 is 29.0 Å². The monoisotopic (exact) mass is 542 g/mol. The highest BCUT2D eigenvalue weighted by atomic mass is 32.2. The summed E-state index contributed by atoms with van der Waals surface area (Å²) in [6.45, 7) is 0.455. The van der Waals surface area contributed by atoms with Crippen LogP contribution < -0.4 is 29.0 Å². The molecule has 3 aromatic carbocycles. The first-order chi connectivity index (χ1) is 18.3. The van der Waals surface area contributed by atoms with E-state index < -0.39 is 28.5 Å². The minimum absolute atomic E-state index is 0.00401. The second-order valence-corrected chi connectivity index (χ2v) is 9.71.